The lowest BCUT2D eigenvalue weighted by atomic mass is 10.0. The third-order valence-electron chi connectivity index (χ3n) is 3.85. The minimum absolute atomic E-state index is 0.274. The summed E-state index contributed by atoms with van der Waals surface area (Å²) in [7, 11) is -2.79. The summed E-state index contributed by atoms with van der Waals surface area (Å²) < 4.78 is 23.0. The molecule has 0 radical (unpaired) electrons. The number of nitrogens with one attached hydrogen (secondary N) is 1. The van der Waals surface area contributed by atoms with Crippen LogP contribution in [0.3, 0.4) is 0 Å². The third kappa shape index (κ3) is 11.7. The molecule has 0 saturated heterocycles. The van der Waals surface area contributed by atoms with Crippen molar-refractivity contribution in [3.05, 3.63) is 0 Å². The first kappa shape index (κ1) is 19.9. The molecule has 0 aromatic heterocycles. The Hall–Kier alpha value is -0.0900. The van der Waals surface area contributed by atoms with Crippen molar-refractivity contribution in [3.8, 4) is 0 Å². The van der Waals surface area contributed by atoms with Gasteiger partial charge in [-0.05, 0) is 25.8 Å². The molecule has 1 atom stereocenters. The first-order valence-corrected chi connectivity index (χ1v) is 10.3. The highest BCUT2D eigenvalue weighted by molar-refractivity contribution is 7.91. The molecular weight excluding hydrogens is 270 g/mol. The fourth-order valence-corrected chi connectivity index (χ4v) is 3.40. The fraction of sp³-hybridized carbons (Fsp3) is 1.00. The van der Waals surface area contributed by atoms with E-state index >= 15 is 0 Å². The normalized spacial score (nSPS) is 13.6. The van der Waals surface area contributed by atoms with Gasteiger partial charge in [-0.25, -0.2) is 8.42 Å². The summed E-state index contributed by atoms with van der Waals surface area (Å²) in [5.74, 6) is 0.623. The van der Waals surface area contributed by atoms with E-state index in [0.29, 0.717) is 11.8 Å². The maximum Gasteiger partial charge on any atom is 0.150 e. The lowest BCUT2D eigenvalue weighted by Gasteiger charge is -2.17. The Kier molecular flexibility index (Phi) is 12.6. The number of unbranched alkanes of at least 4 members (excludes halogenated alkanes) is 5. The van der Waals surface area contributed by atoms with Crippen molar-refractivity contribution in [3.63, 3.8) is 0 Å². The molecule has 0 aliphatic carbocycles. The second-order valence-electron chi connectivity index (χ2n) is 5.69. The molecule has 0 saturated carbocycles. The van der Waals surface area contributed by atoms with Gasteiger partial charge in [0, 0.05) is 11.8 Å². The molecule has 20 heavy (non-hydrogen) atoms. The molecule has 3 nitrogen and oxygen atoms in total. The van der Waals surface area contributed by atoms with E-state index < -0.39 is 9.84 Å². The van der Waals surface area contributed by atoms with Crippen molar-refractivity contribution in [2.24, 2.45) is 0 Å². The van der Waals surface area contributed by atoms with Crippen LogP contribution in [-0.2, 0) is 9.84 Å². The van der Waals surface area contributed by atoms with Crippen molar-refractivity contribution >= 4 is 9.84 Å². The molecule has 0 aromatic carbocycles. The molecule has 1 unspecified atom stereocenters. The van der Waals surface area contributed by atoms with Crippen LogP contribution in [0.5, 0.6) is 0 Å². The minimum Gasteiger partial charge on any atom is -0.314 e. The van der Waals surface area contributed by atoms with Gasteiger partial charge in [0.15, 0.2) is 0 Å². The van der Waals surface area contributed by atoms with Gasteiger partial charge < -0.3 is 5.32 Å². The lowest BCUT2D eigenvalue weighted by molar-refractivity contribution is 0.435. The van der Waals surface area contributed by atoms with E-state index in [1.165, 1.54) is 44.9 Å². The van der Waals surface area contributed by atoms with E-state index in [4.69, 9.17) is 0 Å². The summed E-state index contributed by atoms with van der Waals surface area (Å²) in [5.41, 5.74) is 0. The van der Waals surface area contributed by atoms with Gasteiger partial charge in [-0.15, -0.1) is 0 Å². The Morgan fingerprint density at radius 3 is 2.05 bits per heavy atom. The van der Waals surface area contributed by atoms with Crippen LogP contribution in [0.2, 0.25) is 0 Å². The average molecular weight is 306 g/mol. The Morgan fingerprint density at radius 1 is 0.850 bits per heavy atom. The summed E-state index contributed by atoms with van der Waals surface area (Å²) in [6.07, 6.45) is 10.9. The minimum atomic E-state index is -2.79. The lowest BCUT2D eigenvalue weighted by Crippen LogP contribution is -2.29. The second-order valence-corrected chi connectivity index (χ2v) is 8.16. The summed E-state index contributed by atoms with van der Waals surface area (Å²) >= 11 is 0. The van der Waals surface area contributed by atoms with Crippen molar-refractivity contribution in [1.29, 1.82) is 0 Å². The summed E-state index contributed by atoms with van der Waals surface area (Å²) in [6.45, 7) is 7.07. The molecule has 0 heterocycles. The summed E-state index contributed by atoms with van der Waals surface area (Å²) in [6, 6.07) is 0.498. The quantitative estimate of drug-likeness (QED) is 0.495. The van der Waals surface area contributed by atoms with Gasteiger partial charge in [-0.3, -0.25) is 0 Å². The van der Waals surface area contributed by atoms with Crippen LogP contribution in [0.4, 0.5) is 0 Å². The standard InChI is InChI=1S/C16H35NO2S/c1-4-7-8-9-10-11-13-16(17-5-2)14-12-15-20(18,19)6-3/h16-17H,4-15H2,1-3H3. The zero-order chi connectivity index (χ0) is 15.3. The molecule has 1 N–H and O–H groups in total. The van der Waals surface area contributed by atoms with Crippen molar-refractivity contribution in [2.75, 3.05) is 18.1 Å². The van der Waals surface area contributed by atoms with Crippen LogP contribution < -0.4 is 5.32 Å². The van der Waals surface area contributed by atoms with Gasteiger partial charge >= 0.3 is 0 Å². The molecule has 0 spiro atoms. The third-order valence-corrected chi connectivity index (χ3v) is 5.64. The fourth-order valence-electron chi connectivity index (χ4n) is 2.50. The molecule has 122 valence electrons. The SMILES string of the molecule is CCCCCCCCC(CCCS(=O)(=O)CC)NCC. The topological polar surface area (TPSA) is 46.2 Å². The molecule has 0 aliphatic rings. The summed E-state index contributed by atoms with van der Waals surface area (Å²) in [4.78, 5) is 0. The number of sulfone groups is 1. The molecule has 0 amide bonds. The Balaban J connectivity index is 3.75. The van der Waals surface area contributed by atoms with E-state index in [-0.39, 0.29) is 5.75 Å². The van der Waals surface area contributed by atoms with E-state index in [1.54, 1.807) is 6.92 Å². The predicted molar refractivity (Wildman–Crippen MR) is 89.0 cm³/mol. The zero-order valence-electron chi connectivity index (χ0n) is 13.8. The van der Waals surface area contributed by atoms with Crippen LogP contribution in [0.25, 0.3) is 0 Å². The largest absolute Gasteiger partial charge is 0.314 e. The van der Waals surface area contributed by atoms with Crippen LogP contribution in [0.15, 0.2) is 0 Å². The molecule has 0 aromatic rings. The van der Waals surface area contributed by atoms with Crippen LogP contribution in [0.1, 0.15) is 78.6 Å². The van der Waals surface area contributed by atoms with E-state index in [9.17, 15) is 8.42 Å². The highest BCUT2D eigenvalue weighted by Gasteiger charge is 2.11. The number of rotatable bonds is 14. The first-order valence-electron chi connectivity index (χ1n) is 8.49. The van der Waals surface area contributed by atoms with Crippen LogP contribution >= 0.6 is 0 Å². The van der Waals surface area contributed by atoms with Crippen molar-refractivity contribution in [2.45, 2.75) is 84.6 Å². The number of hydrogen-bond acceptors (Lipinski definition) is 3. The van der Waals surface area contributed by atoms with Gasteiger partial charge in [0.25, 0.3) is 0 Å². The first-order chi connectivity index (χ1) is 9.55. The van der Waals surface area contributed by atoms with Crippen LogP contribution in [0, 0.1) is 0 Å². The van der Waals surface area contributed by atoms with Gasteiger partial charge in [0.1, 0.15) is 9.84 Å². The van der Waals surface area contributed by atoms with E-state index in [1.807, 2.05) is 0 Å². The Bertz CT molecular complexity index is 302. The van der Waals surface area contributed by atoms with Gasteiger partial charge in [0.05, 0.1) is 5.75 Å². The van der Waals surface area contributed by atoms with Crippen LogP contribution in [-0.4, -0.2) is 32.5 Å². The second kappa shape index (κ2) is 12.6. The monoisotopic (exact) mass is 305 g/mol. The van der Waals surface area contributed by atoms with E-state index in [2.05, 4.69) is 19.2 Å². The molecular formula is C16H35NO2S. The molecule has 0 bridgehead atoms. The zero-order valence-corrected chi connectivity index (χ0v) is 14.6. The van der Waals surface area contributed by atoms with Gasteiger partial charge in [-0.1, -0.05) is 59.3 Å². The van der Waals surface area contributed by atoms with Gasteiger partial charge in [0.2, 0.25) is 0 Å². The molecule has 0 fully saturated rings. The summed E-state index contributed by atoms with van der Waals surface area (Å²) in [5, 5.41) is 3.49. The predicted octanol–water partition coefficient (Wildman–Crippen LogP) is 3.93. The van der Waals surface area contributed by atoms with Crippen molar-refractivity contribution in [1.82, 2.24) is 5.32 Å². The Labute approximate surface area is 126 Å². The highest BCUT2D eigenvalue weighted by Crippen LogP contribution is 2.12. The molecule has 0 rings (SSSR count). The average Bonchev–Trinajstić information content (AvgIpc) is 2.42. The molecule has 4 heteroatoms. The maximum atomic E-state index is 11.5. The Morgan fingerprint density at radius 2 is 1.45 bits per heavy atom. The maximum absolute atomic E-state index is 11.5. The van der Waals surface area contributed by atoms with Gasteiger partial charge in [-0.2, -0.15) is 0 Å². The van der Waals surface area contributed by atoms with E-state index in [0.717, 1.165) is 19.4 Å². The van der Waals surface area contributed by atoms with Crippen molar-refractivity contribution < 1.29 is 8.42 Å². The number of hydrogen-bond donors (Lipinski definition) is 1. The highest BCUT2D eigenvalue weighted by atomic mass is 32.2. The molecule has 0 aliphatic heterocycles. The smallest absolute Gasteiger partial charge is 0.150 e.